The minimum Gasteiger partial charge on any atom is -0.300 e. The highest BCUT2D eigenvalue weighted by Gasteiger charge is 2.45. The lowest BCUT2D eigenvalue weighted by atomic mass is 9.65. The van der Waals surface area contributed by atoms with Gasteiger partial charge in [0.2, 0.25) is 0 Å². The molecule has 76 valence electrons. The molecule has 15 heavy (non-hydrogen) atoms. The molecule has 0 aromatic heterocycles. The molecule has 1 saturated carbocycles. The third-order valence-corrected chi connectivity index (χ3v) is 3.29. The van der Waals surface area contributed by atoms with E-state index in [4.69, 9.17) is 5.26 Å². The summed E-state index contributed by atoms with van der Waals surface area (Å²) < 4.78 is 13.3. The lowest BCUT2D eigenvalue weighted by Crippen LogP contribution is -2.40. The van der Waals surface area contributed by atoms with Crippen LogP contribution in [0.3, 0.4) is 0 Å². The van der Waals surface area contributed by atoms with Crippen LogP contribution in [0.2, 0.25) is 0 Å². The van der Waals surface area contributed by atoms with E-state index in [1.807, 2.05) is 0 Å². The summed E-state index contributed by atoms with van der Waals surface area (Å²) >= 11 is 3.07. The number of carbonyl (C=O) groups excluding carboxylic acids is 1. The van der Waals surface area contributed by atoms with Gasteiger partial charge in [-0.2, -0.15) is 5.26 Å². The van der Waals surface area contributed by atoms with Crippen LogP contribution in [0.1, 0.15) is 18.4 Å². The second-order valence-corrected chi connectivity index (χ2v) is 4.57. The number of Topliss-reactive ketones (excluding diaryl/α,β-unsaturated/α-hetero) is 1. The van der Waals surface area contributed by atoms with Gasteiger partial charge in [0.05, 0.1) is 16.0 Å². The second kappa shape index (κ2) is 3.42. The minimum absolute atomic E-state index is 0.0806. The highest BCUT2D eigenvalue weighted by Crippen LogP contribution is 2.41. The molecule has 4 heteroatoms. The SMILES string of the molecule is N#CC1(c2ccc(F)c(Br)c2)CC(=O)C1. The van der Waals surface area contributed by atoms with Crippen LogP contribution < -0.4 is 0 Å². The largest absolute Gasteiger partial charge is 0.300 e. The van der Waals surface area contributed by atoms with E-state index in [0.29, 0.717) is 10.0 Å². The molecular weight excluding hydrogens is 261 g/mol. The monoisotopic (exact) mass is 267 g/mol. The number of hydrogen-bond acceptors (Lipinski definition) is 2. The number of nitriles is 1. The van der Waals surface area contributed by atoms with Gasteiger partial charge in [-0.1, -0.05) is 6.07 Å². The van der Waals surface area contributed by atoms with Crippen LogP contribution in [0.25, 0.3) is 0 Å². The Bertz CT molecular complexity index is 470. The van der Waals surface area contributed by atoms with E-state index in [-0.39, 0.29) is 24.4 Å². The Kier molecular flexibility index (Phi) is 2.35. The van der Waals surface area contributed by atoms with Gasteiger partial charge in [-0.3, -0.25) is 4.79 Å². The molecule has 2 nitrogen and oxygen atoms in total. The molecule has 0 saturated heterocycles. The van der Waals surface area contributed by atoms with Crippen molar-refractivity contribution in [2.45, 2.75) is 18.3 Å². The number of ketones is 1. The predicted octanol–water partition coefficient (Wildman–Crippen LogP) is 2.71. The number of halogens is 2. The minimum atomic E-state index is -0.729. The number of nitrogens with zero attached hydrogens (tertiary/aromatic N) is 1. The fourth-order valence-corrected chi connectivity index (χ4v) is 2.14. The summed E-state index contributed by atoms with van der Waals surface area (Å²) in [5.41, 5.74) is -0.0225. The molecule has 1 aromatic rings. The molecule has 1 aromatic carbocycles. The van der Waals surface area contributed by atoms with Crippen molar-refractivity contribution in [2.75, 3.05) is 0 Å². The number of rotatable bonds is 1. The maximum atomic E-state index is 13.0. The van der Waals surface area contributed by atoms with Gasteiger partial charge in [0.15, 0.2) is 0 Å². The molecule has 1 aliphatic rings. The van der Waals surface area contributed by atoms with Gasteiger partial charge in [-0.05, 0) is 33.6 Å². The number of carbonyl (C=O) groups is 1. The molecule has 0 bridgehead atoms. The quantitative estimate of drug-likeness (QED) is 0.785. The van der Waals surface area contributed by atoms with Crippen molar-refractivity contribution in [1.29, 1.82) is 5.26 Å². The number of benzene rings is 1. The Morgan fingerprint density at radius 2 is 2.13 bits per heavy atom. The molecule has 0 aliphatic heterocycles. The van der Waals surface area contributed by atoms with E-state index in [0.717, 1.165) is 0 Å². The van der Waals surface area contributed by atoms with Crippen molar-refractivity contribution in [3.8, 4) is 6.07 Å². The van der Waals surface area contributed by atoms with E-state index in [9.17, 15) is 9.18 Å². The second-order valence-electron chi connectivity index (χ2n) is 3.72. The van der Waals surface area contributed by atoms with Crippen LogP contribution in [0, 0.1) is 17.1 Å². The molecule has 0 radical (unpaired) electrons. The summed E-state index contributed by atoms with van der Waals surface area (Å²) in [6.07, 6.45) is 0.475. The van der Waals surface area contributed by atoms with E-state index in [1.165, 1.54) is 6.07 Å². The van der Waals surface area contributed by atoms with Crippen molar-refractivity contribution in [3.63, 3.8) is 0 Å². The first-order valence-corrected chi connectivity index (χ1v) is 5.25. The van der Waals surface area contributed by atoms with E-state index >= 15 is 0 Å². The average molecular weight is 268 g/mol. The zero-order chi connectivity index (χ0) is 11.1. The standard InChI is InChI=1S/C11H7BrFNO/c12-9-3-7(1-2-10(9)13)11(6-14)4-8(15)5-11/h1-3H,4-5H2. The van der Waals surface area contributed by atoms with Crippen molar-refractivity contribution in [2.24, 2.45) is 0 Å². The summed E-state index contributed by atoms with van der Waals surface area (Å²) in [6.45, 7) is 0. The summed E-state index contributed by atoms with van der Waals surface area (Å²) in [5.74, 6) is -0.283. The average Bonchev–Trinajstić information content (AvgIpc) is 2.17. The highest BCUT2D eigenvalue weighted by atomic mass is 79.9. The molecule has 0 heterocycles. The van der Waals surface area contributed by atoms with Gasteiger partial charge in [-0.15, -0.1) is 0 Å². The zero-order valence-electron chi connectivity index (χ0n) is 7.76. The Hall–Kier alpha value is -1.21. The maximum absolute atomic E-state index is 13.0. The van der Waals surface area contributed by atoms with Crippen LogP contribution in [-0.2, 0) is 10.2 Å². The Labute approximate surface area is 94.8 Å². The van der Waals surface area contributed by atoms with Crippen molar-refractivity contribution in [3.05, 3.63) is 34.1 Å². The normalized spacial score (nSPS) is 18.1. The molecule has 2 rings (SSSR count). The summed E-state index contributed by atoms with van der Waals surface area (Å²) in [7, 11) is 0. The molecule has 1 aliphatic carbocycles. The van der Waals surface area contributed by atoms with E-state index in [2.05, 4.69) is 22.0 Å². The van der Waals surface area contributed by atoms with Crippen molar-refractivity contribution in [1.82, 2.24) is 0 Å². The van der Waals surface area contributed by atoms with Crippen LogP contribution in [0.15, 0.2) is 22.7 Å². The van der Waals surface area contributed by atoms with Crippen LogP contribution in [0.4, 0.5) is 4.39 Å². The first-order chi connectivity index (χ1) is 7.07. The van der Waals surface area contributed by atoms with Crippen LogP contribution in [-0.4, -0.2) is 5.78 Å². The number of hydrogen-bond donors (Lipinski definition) is 0. The Morgan fingerprint density at radius 1 is 1.47 bits per heavy atom. The summed E-state index contributed by atoms with van der Waals surface area (Å²) in [4.78, 5) is 11.0. The van der Waals surface area contributed by atoms with Gasteiger partial charge in [-0.25, -0.2) is 4.39 Å². The lowest BCUT2D eigenvalue weighted by molar-refractivity contribution is -0.126. The molecular formula is C11H7BrFNO. The highest BCUT2D eigenvalue weighted by molar-refractivity contribution is 9.10. The first-order valence-electron chi connectivity index (χ1n) is 4.46. The first kappa shape index (κ1) is 10.3. The molecule has 0 spiro atoms. The van der Waals surface area contributed by atoms with Gasteiger partial charge in [0, 0.05) is 12.8 Å². The molecule has 0 unspecified atom stereocenters. The Morgan fingerprint density at radius 3 is 2.60 bits per heavy atom. The van der Waals surface area contributed by atoms with Crippen molar-refractivity contribution >= 4 is 21.7 Å². The fourth-order valence-electron chi connectivity index (χ4n) is 1.76. The fraction of sp³-hybridized carbons (Fsp3) is 0.273. The molecule has 0 N–H and O–H groups in total. The summed E-state index contributed by atoms with van der Waals surface area (Å²) in [5, 5.41) is 9.06. The van der Waals surface area contributed by atoms with E-state index < -0.39 is 5.41 Å². The van der Waals surface area contributed by atoms with Crippen LogP contribution in [0.5, 0.6) is 0 Å². The molecule has 0 atom stereocenters. The van der Waals surface area contributed by atoms with E-state index in [1.54, 1.807) is 12.1 Å². The van der Waals surface area contributed by atoms with Crippen LogP contribution >= 0.6 is 15.9 Å². The van der Waals surface area contributed by atoms with Gasteiger partial charge < -0.3 is 0 Å². The van der Waals surface area contributed by atoms with Gasteiger partial charge >= 0.3 is 0 Å². The Balaban J connectivity index is 2.42. The lowest BCUT2D eigenvalue weighted by Gasteiger charge is -2.34. The topological polar surface area (TPSA) is 40.9 Å². The third kappa shape index (κ3) is 1.57. The van der Waals surface area contributed by atoms with Crippen molar-refractivity contribution < 1.29 is 9.18 Å². The molecule has 1 fully saturated rings. The van der Waals surface area contributed by atoms with Gasteiger partial charge in [0.1, 0.15) is 11.6 Å². The van der Waals surface area contributed by atoms with Gasteiger partial charge in [0.25, 0.3) is 0 Å². The zero-order valence-corrected chi connectivity index (χ0v) is 9.34. The third-order valence-electron chi connectivity index (χ3n) is 2.68. The predicted molar refractivity (Wildman–Crippen MR) is 55.6 cm³/mol. The smallest absolute Gasteiger partial charge is 0.137 e. The maximum Gasteiger partial charge on any atom is 0.137 e. The summed E-state index contributed by atoms with van der Waals surface area (Å²) in [6, 6.07) is 6.59. The molecule has 0 amide bonds.